The highest BCUT2D eigenvalue weighted by atomic mass is 16.5. The van der Waals surface area contributed by atoms with E-state index >= 15 is 0 Å². The normalized spacial score (nSPS) is 18.0. The van der Waals surface area contributed by atoms with Crippen molar-refractivity contribution in [2.75, 3.05) is 23.7 Å². The monoisotopic (exact) mass is 276 g/mol. The van der Waals surface area contributed by atoms with E-state index in [1.807, 2.05) is 18.2 Å². The molecule has 0 radical (unpaired) electrons. The van der Waals surface area contributed by atoms with Crippen LogP contribution in [0.1, 0.15) is 46.5 Å². The molecular weight excluding hydrogens is 248 g/mol. The van der Waals surface area contributed by atoms with Crippen molar-refractivity contribution in [1.29, 1.82) is 0 Å². The van der Waals surface area contributed by atoms with E-state index in [9.17, 15) is 0 Å². The van der Waals surface area contributed by atoms with E-state index in [0.717, 1.165) is 30.2 Å². The molecule has 0 bridgehead atoms. The Bertz CT molecular complexity index is 431. The maximum absolute atomic E-state index is 6.16. The number of ether oxygens (including phenoxy) is 1. The van der Waals surface area contributed by atoms with E-state index in [1.165, 1.54) is 25.7 Å². The average molecular weight is 276 g/mol. The summed E-state index contributed by atoms with van der Waals surface area (Å²) in [4.78, 5) is 2.43. The number of fused-ring (bicyclic) bond motifs is 1. The molecule has 2 N–H and O–H groups in total. The Kier molecular flexibility index (Phi) is 5.16. The molecule has 1 heterocycles. The first-order valence-corrected chi connectivity index (χ1v) is 7.93. The van der Waals surface area contributed by atoms with Gasteiger partial charge in [-0.25, -0.2) is 0 Å². The highest BCUT2D eigenvalue weighted by Gasteiger charge is 2.28. The van der Waals surface area contributed by atoms with Crippen LogP contribution < -0.4 is 15.4 Å². The predicted molar refractivity (Wildman–Crippen MR) is 86.5 cm³/mol. The van der Waals surface area contributed by atoms with Gasteiger partial charge in [-0.15, -0.1) is 0 Å². The zero-order valence-corrected chi connectivity index (χ0v) is 13.1. The van der Waals surface area contributed by atoms with E-state index in [2.05, 4.69) is 25.7 Å². The molecule has 0 fully saturated rings. The van der Waals surface area contributed by atoms with Crippen LogP contribution in [0, 0.1) is 5.92 Å². The van der Waals surface area contributed by atoms with Crippen LogP contribution >= 0.6 is 0 Å². The Morgan fingerprint density at radius 3 is 2.80 bits per heavy atom. The van der Waals surface area contributed by atoms with Crippen molar-refractivity contribution < 1.29 is 4.74 Å². The van der Waals surface area contributed by atoms with Gasteiger partial charge in [-0.2, -0.15) is 0 Å². The molecule has 0 aliphatic carbocycles. The van der Waals surface area contributed by atoms with Gasteiger partial charge >= 0.3 is 0 Å². The number of nitrogens with two attached hydrogens (primary N) is 1. The van der Waals surface area contributed by atoms with E-state index in [0.29, 0.717) is 5.92 Å². The largest absolute Gasteiger partial charge is 0.486 e. The summed E-state index contributed by atoms with van der Waals surface area (Å²) in [6.07, 6.45) is 5.37. The Labute approximate surface area is 123 Å². The highest BCUT2D eigenvalue weighted by Crippen LogP contribution is 2.39. The second kappa shape index (κ2) is 6.87. The maximum Gasteiger partial charge on any atom is 0.145 e. The molecule has 2 rings (SSSR count). The van der Waals surface area contributed by atoms with Gasteiger partial charge in [0.25, 0.3) is 0 Å². The second-order valence-corrected chi connectivity index (χ2v) is 6.10. The number of hydrogen-bond acceptors (Lipinski definition) is 3. The fraction of sp³-hybridized carbons (Fsp3) is 0.647. The Balaban J connectivity index is 2.13. The topological polar surface area (TPSA) is 38.5 Å². The molecule has 0 amide bonds. The minimum atomic E-state index is 0.260. The molecule has 0 spiro atoms. The lowest BCUT2D eigenvalue weighted by Crippen LogP contribution is -2.43. The van der Waals surface area contributed by atoms with Crippen molar-refractivity contribution in [3.63, 3.8) is 0 Å². The summed E-state index contributed by atoms with van der Waals surface area (Å²) < 4.78 is 6.11. The first kappa shape index (κ1) is 15.0. The minimum absolute atomic E-state index is 0.260. The molecule has 1 unspecified atom stereocenters. The van der Waals surface area contributed by atoms with E-state index in [1.54, 1.807) is 0 Å². The average Bonchev–Trinajstić information content (AvgIpc) is 2.43. The number of hydrogen-bond donors (Lipinski definition) is 1. The van der Waals surface area contributed by atoms with Gasteiger partial charge in [-0.3, -0.25) is 0 Å². The van der Waals surface area contributed by atoms with Crippen molar-refractivity contribution in [1.82, 2.24) is 0 Å². The van der Waals surface area contributed by atoms with Crippen molar-refractivity contribution >= 4 is 11.4 Å². The number of nitrogens with zero attached hydrogens (tertiary/aromatic N) is 1. The number of para-hydroxylation sites is 1. The lowest BCUT2D eigenvalue weighted by molar-refractivity contribution is 0.145. The van der Waals surface area contributed by atoms with Crippen molar-refractivity contribution in [3.8, 4) is 5.75 Å². The number of benzene rings is 1. The number of anilines is 2. The first-order chi connectivity index (χ1) is 9.63. The summed E-state index contributed by atoms with van der Waals surface area (Å²) in [5.74, 6) is 1.47. The van der Waals surface area contributed by atoms with Crippen LogP contribution in [-0.2, 0) is 0 Å². The second-order valence-electron chi connectivity index (χ2n) is 6.10. The van der Waals surface area contributed by atoms with Crippen LogP contribution in [0.3, 0.4) is 0 Å². The summed E-state index contributed by atoms with van der Waals surface area (Å²) in [5, 5.41) is 0. The number of nitrogen functional groups attached to an aromatic ring is 1. The van der Waals surface area contributed by atoms with E-state index in [-0.39, 0.29) is 6.10 Å². The molecule has 1 atom stereocenters. The fourth-order valence-corrected chi connectivity index (χ4v) is 2.76. The number of unbranched alkanes of at least 4 members (excludes halogenated alkanes) is 3. The molecule has 0 saturated carbocycles. The molecule has 1 aliphatic heterocycles. The molecular formula is C17H28N2O. The van der Waals surface area contributed by atoms with Gasteiger partial charge in [0.1, 0.15) is 17.5 Å². The van der Waals surface area contributed by atoms with Crippen LogP contribution in [0.5, 0.6) is 5.75 Å². The smallest absolute Gasteiger partial charge is 0.145 e. The maximum atomic E-state index is 6.16. The molecule has 1 aliphatic rings. The molecule has 1 aromatic rings. The molecule has 3 heteroatoms. The lowest BCUT2D eigenvalue weighted by Gasteiger charge is -2.38. The molecule has 112 valence electrons. The quantitative estimate of drug-likeness (QED) is 0.628. The van der Waals surface area contributed by atoms with Gasteiger partial charge in [0.05, 0.1) is 12.2 Å². The van der Waals surface area contributed by atoms with Crippen molar-refractivity contribution in [3.05, 3.63) is 18.2 Å². The molecule has 3 nitrogen and oxygen atoms in total. The minimum Gasteiger partial charge on any atom is -0.486 e. The summed E-state index contributed by atoms with van der Waals surface area (Å²) in [5.41, 5.74) is 8.09. The van der Waals surface area contributed by atoms with Crippen LogP contribution in [0.4, 0.5) is 11.4 Å². The van der Waals surface area contributed by atoms with Crippen LogP contribution in [0.25, 0.3) is 0 Å². The van der Waals surface area contributed by atoms with Gasteiger partial charge in [0.15, 0.2) is 0 Å². The third-order valence-corrected chi connectivity index (χ3v) is 4.05. The van der Waals surface area contributed by atoms with Crippen molar-refractivity contribution in [2.45, 2.75) is 52.6 Å². The standard InChI is InChI=1S/C17H28N2O/c1-4-5-6-7-11-19-12-16(13(2)3)20-15-10-8-9-14(18)17(15)19/h8-10,13,16H,4-7,11-12,18H2,1-3H3. The summed E-state index contributed by atoms with van der Waals surface area (Å²) in [6, 6.07) is 5.99. The Hall–Kier alpha value is -1.38. The third-order valence-electron chi connectivity index (χ3n) is 4.05. The zero-order valence-electron chi connectivity index (χ0n) is 13.1. The first-order valence-electron chi connectivity index (χ1n) is 7.93. The Morgan fingerprint density at radius 2 is 2.10 bits per heavy atom. The molecule has 0 saturated heterocycles. The Morgan fingerprint density at radius 1 is 1.30 bits per heavy atom. The van der Waals surface area contributed by atoms with E-state index < -0.39 is 0 Å². The van der Waals surface area contributed by atoms with Gasteiger partial charge in [-0.05, 0) is 24.5 Å². The molecule has 1 aromatic carbocycles. The van der Waals surface area contributed by atoms with Gasteiger partial charge in [0.2, 0.25) is 0 Å². The predicted octanol–water partition coefficient (Wildman–Crippen LogP) is 4.07. The zero-order chi connectivity index (χ0) is 14.5. The highest BCUT2D eigenvalue weighted by molar-refractivity contribution is 5.75. The van der Waals surface area contributed by atoms with Crippen LogP contribution in [0.2, 0.25) is 0 Å². The fourth-order valence-electron chi connectivity index (χ4n) is 2.76. The third kappa shape index (κ3) is 3.38. The van der Waals surface area contributed by atoms with Gasteiger partial charge in [-0.1, -0.05) is 46.1 Å². The summed E-state index contributed by atoms with van der Waals surface area (Å²) in [6.45, 7) is 8.71. The summed E-state index contributed by atoms with van der Waals surface area (Å²) >= 11 is 0. The molecule has 0 aromatic heterocycles. The summed E-state index contributed by atoms with van der Waals surface area (Å²) in [7, 11) is 0. The number of rotatable bonds is 6. The lowest BCUT2D eigenvalue weighted by atomic mass is 10.0. The van der Waals surface area contributed by atoms with Gasteiger partial charge in [0, 0.05) is 6.54 Å². The van der Waals surface area contributed by atoms with Crippen LogP contribution in [-0.4, -0.2) is 19.2 Å². The van der Waals surface area contributed by atoms with Gasteiger partial charge < -0.3 is 15.4 Å². The molecule has 20 heavy (non-hydrogen) atoms. The SMILES string of the molecule is CCCCCCN1CC(C(C)C)Oc2cccc(N)c21. The van der Waals surface area contributed by atoms with E-state index in [4.69, 9.17) is 10.5 Å². The van der Waals surface area contributed by atoms with Crippen LogP contribution in [0.15, 0.2) is 18.2 Å². The van der Waals surface area contributed by atoms with Crippen molar-refractivity contribution in [2.24, 2.45) is 5.92 Å².